The number of thiophene rings is 1. The van der Waals surface area contributed by atoms with Crippen molar-refractivity contribution in [3.8, 4) is 0 Å². The van der Waals surface area contributed by atoms with Gasteiger partial charge in [0.1, 0.15) is 0 Å². The average molecular weight is 125 g/mol. The van der Waals surface area contributed by atoms with Crippen LogP contribution >= 0.6 is 11.3 Å². The molecule has 0 spiro atoms. The van der Waals surface area contributed by atoms with E-state index in [1.54, 1.807) is 0 Å². The van der Waals surface area contributed by atoms with Crippen LogP contribution in [-0.4, -0.2) is 6.29 Å². The quantitative estimate of drug-likeness (QED) is 0.522. The molecule has 0 bridgehead atoms. The molecule has 1 heterocycles. The van der Waals surface area contributed by atoms with Crippen LogP contribution in [0.25, 0.3) is 0 Å². The molecule has 0 aliphatic heterocycles. The zero-order valence-corrected chi connectivity index (χ0v) is 5.29. The number of hydrogen-bond donors (Lipinski definition) is 0. The molecule has 0 N–H and O–H groups in total. The van der Waals surface area contributed by atoms with Gasteiger partial charge >= 0.3 is 0 Å². The van der Waals surface area contributed by atoms with Gasteiger partial charge in [-0.25, -0.2) is 0 Å². The zero-order valence-electron chi connectivity index (χ0n) is 4.47. The molecule has 0 aromatic carbocycles. The first-order chi connectivity index (χ1) is 3.84. The molecule has 1 nitrogen and oxygen atoms in total. The summed E-state index contributed by atoms with van der Waals surface area (Å²) in [6.45, 7) is 1.90. The van der Waals surface area contributed by atoms with Crippen LogP contribution in [0.2, 0.25) is 0 Å². The van der Waals surface area contributed by atoms with Crippen molar-refractivity contribution >= 4 is 17.6 Å². The number of carbonyl (C=O) groups excluding carboxylic acids is 1. The minimum Gasteiger partial charge on any atom is -0.297 e. The van der Waals surface area contributed by atoms with Gasteiger partial charge in [0.2, 0.25) is 0 Å². The van der Waals surface area contributed by atoms with Crippen molar-refractivity contribution in [1.29, 1.82) is 0 Å². The van der Waals surface area contributed by atoms with Gasteiger partial charge in [-0.2, -0.15) is 0 Å². The fraction of sp³-hybridized carbons (Fsp3) is 0.167. The first kappa shape index (κ1) is 5.51. The predicted octanol–water partition coefficient (Wildman–Crippen LogP) is 1.67. The van der Waals surface area contributed by atoms with Crippen molar-refractivity contribution in [2.45, 2.75) is 6.92 Å². The van der Waals surface area contributed by atoms with Crippen molar-refractivity contribution in [1.82, 2.24) is 0 Å². The Balaban J connectivity index is 3.09. The number of carbonyl (C=O) groups is 1. The molecular formula is C6H5OS. The molecule has 0 atom stereocenters. The first-order valence-corrected chi connectivity index (χ1v) is 3.08. The second-order valence-corrected chi connectivity index (χ2v) is 2.41. The molecule has 1 aromatic heterocycles. The monoisotopic (exact) mass is 125 g/mol. The van der Waals surface area contributed by atoms with E-state index in [4.69, 9.17) is 0 Å². The minimum atomic E-state index is 0.782. The van der Waals surface area contributed by atoms with Crippen molar-refractivity contribution in [2.75, 3.05) is 0 Å². The highest BCUT2D eigenvalue weighted by molar-refractivity contribution is 7.11. The summed E-state index contributed by atoms with van der Waals surface area (Å²) in [6.07, 6.45) is 0.858. The maximum atomic E-state index is 10.1. The summed E-state index contributed by atoms with van der Waals surface area (Å²) >= 11 is 1.36. The molecule has 0 fully saturated rings. The zero-order chi connectivity index (χ0) is 5.98. The highest BCUT2D eigenvalue weighted by Crippen LogP contribution is 2.10. The van der Waals surface area contributed by atoms with Gasteiger partial charge in [-0.3, -0.25) is 4.79 Å². The highest BCUT2D eigenvalue weighted by Gasteiger charge is 1.93. The molecular weight excluding hydrogens is 120 g/mol. The lowest BCUT2D eigenvalue weighted by atomic mass is 10.3. The van der Waals surface area contributed by atoms with Crippen molar-refractivity contribution in [3.63, 3.8) is 0 Å². The predicted molar refractivity (Wildman–Crippen MR) is 33.3 cm³/mol. The number of rotatable bonds is 1. The molecule has 41 valence electrons. The Morgan fingerprint density at radius 2 is 2.62 bits per heavy atom. The first-order valence-electron chi connectivity index (χ1n) is 2.26. The topological polar surface area (TPSA) is 17.1 Å². The van der Waals surface area contributed by atoms with E-state index >= 15 is 0 Å². The molecule has 0 amide bonds. The summed E-state index contributed by atoms with van der Waals surface area (Å²) < 4.78 is 0. The summed E-state index contributed by atoms with van der Waals surface area (Å²) in [6, 6.07) is 1.81. The van der Waals surface area contributed by atoms with E-state index in [9.17, 15) is 4.79 Å². The molecule has 0 saturated heterocycles. The van der Waals surface area contributed by atoms with Gasteiger partial charge in [-0.1, -0.05) is 0 Å². The lowest BCUT2D eigenvalue weighted by molar-refractivity contribution is 0.112. The van der Waals surface area contributed by atoms with Crippen LogP contribution in [0.5, 0.6) is 0 Å². The Labute approximate surface area is 52.0 Å². The molecule has 0 aliphatic carbocycles. The third-order valence-corrected chi connectivity index (χ3v) is 1.81. The summed E-state index contributed by atoms with van der Waals surface area (Å²) in [5.41, 5.74) is 1.02. The number of aldehydes is 1. The van der Waals surface area contributed by atoms with Gasteiger partial charge in [-0.15, -0.1) is 11.3 Å². The van der Waals surface area contributed by atoms with E-state index in [2.05, 4.69) is 5.38 Å². The fourth-order valence-corrected chi connectivity index (χ4v) is 1.08. The second kappa shape index (κ2) is 2.09. The number of hydrogen-bond acceptors (Lipinski definition) is 2. The third-order valence-electron chi connectivity index (χ3n) is 0.940. The standard InChI is InChI=1S/C6H5OS/c1-5-2-3-8-6(5)4-7/h2,4H,1H3. The van der Waals surface area contributed by atoms with Gasteiger partial charge in [0.25, 0.3) is 0 Å². The summed E-state index contributed by atoms with van der Waals surface area (Å²) in [7, 11) is 0. The van der Waals surface area contributed by atoms with E-state index in [1.165, 1.54) is 11.3 Å². The Kier molecular flexibility index (Phi) is 1.44. The van der Waals surface area contributed by atoms with E-state index in [0.717, 1.165) is 16.7 Å². The van der Waals surface area contributed by atoms with Crippen molar-refractivity contribution in [3.05, 3.63) is 21.9 Å². The minimum absolute atomic E-state index is 0.782. The van der Waals surface area contributed by atoms with Crippen LogP contribution in [0.1, 0.15) is 15.2 Å². The van der Waals surface area contributed by atoms with Crippen LogP contribution in [0, 0.1) is 12.3 Å². The number of aryl methyl sites for hydroxylation is 1. The molecule has 8 heavy (non-hydrogen) atoms. The smallest absolute Gasteiger partial charge is 0.160 e. The highest BCUT2D eigenvalue weighted by atomic mass is 32.1. The third kappa shape index (κ3) is 0.793. The van der Waals surface area contributed by atoms with E-state index < -0.39 is 0 Å². The molecule has 1 rings (SSSR count). The van der Waals surface area contributed by atoms with Crippen LogP contribution in [0.15, 0.2) is 6.07 Å². The Morgan fingerprint density at radius 3 is 2.88 bits per heavy atom. The maximum Gasteiger partial charge on any atom is 0.160 e. The summed E-state index contributed by atoms with van der Waals surface area (Å²) in [4.78, 5) is 10.9. The van der Waals surface area contributed by atoms with Crippen LogP contribution in [0.4, 0.5) is 0 Å². The van der Waals surface area contributed by atoms with Crippen LogP contribution in [-0.2, 0) is 0 Å². The average Bonchev–Trinajstić information content (AvgIpc) is 2.14. The molecule has 1 aromatic rings. The van der Waals surface area contributed by atoms with E-state index in [1.807, 2.05) is 13.0 Å². The molecule has 0 saturated carbocycles. The largest absolute Gasteiger partial charge is 0.297 e. The molecule has 0 unspecified atom stereocenters. The van der Waals surface area contributed by atoms with Crippen LogP contribution < -0.4 is 0 Å². The van der Waals surface area contributed by atoms with Crippen molar-refractivity contribution in [2.24, 2.45) is 0 Å². The van der Waals surface area contributed by atoms with Crippen molar-refractivity contribution < 1.29 is 4.79 Å². The normalized spacial score (nSPS) is 9.12. The summed E-state index contributed by atoms with van der Waals surface area (Å²) in [5.74, 6) is 0. The van der Waals surface area contributed by atoms with Gasteiger partial charge in [0.15, 0.2) is 6.29 Å². The summed E-state index contributed by atoms with van der Waals surface area (Å²) in [5, 5.41) is 2.86. The van der Waals surface area contributed by atoms with Gasteiger partial charge in [0, 0.05) is 5.38 Å². The SMILES string of the molecule is Cc1c[c]sc1C=O. The lowest BCUT2D eigenvalue weighted by Gasteiger charge is -1.78. The van der Waals surface area contributed by atoms with E-state index in [-0.39, 0.29) is 0 Å². The van der Waals surface area contributed by atoms with Gasteiger partial charge < -0.3 is 0 Å². The van der Waals surface area contributed by atoms with Crippen LogP contribution in [0.3, 0.4) is 0 Å². The Hall–Kier alpha value is -0.630. The fourth-order valence-electron chi connectivity index (χ4n) is 0.450. The van der Waals surface area contributed by atoms with Gasteiger partial charge in [0.05, 0.1) is 4.88 Å². The lowest BCUT2D eigenvalue weighted by Crippen LogP contribution is -1.72. The Morgan fingerprint density at radius 1 is 1.88 bits per heavy atom. The molecule has 2 heteroatoms. The molecule has 0 aliphatic rings. The maximum absolute atomic E-state index is 10.1. The second-order valence-electron chi connectivity index (χ2n) is 1.53. The Bertz CT molecular complexity index is 190. The van der Waals surface area contributed by atoms with E-state index in [0.29, 0.717) is 0 Å². The molecule has 1 radical (unpaired) electrons. The van der Waals surface area contributed by atoms with Gasteiger partial charge in [-0.05, 0) is 18.6 Å².